The van der Waals surface area contributed by atoms with E-state index in [0.29, 0.717) is 26.4 Å². The van der Waals surface area contributed by atoms with Gasteiger partial charge in [0.15, 0.2) is 16.7 Å². The summed E-state index contributed by atoms with van der Waals surface area (Å²) in [5, 5.41) is 1.32. The number of nitrogens with zero attached hydrogens (tertiary/aromatic N) is 1. The summed E-state index contributed by atoms with van der Waals surface area (Å²) in [4.78, 5) is 15.9. The van der Waals surface area contributed by atoms with Gasteiger partial charge in [-0.3, -0.25) is 4.79 Å². The second kappa shape index (κ2) is 8.03. The molecule has 0 bridgehead atoms. The molecular formula is C18H14Cl2N2O3S. The third kappa shape index (κ3) is 4.33. The number of hydrogen-bond donors (Lipinski definition) is 1. The Labute approximate surface area is 164 Å². The zero-order valence-electron chi connectivity index (χ0n) is 13.7. The average molecular weight is 409 g/mol. The third-order valence-electron chi connectivity index (χ3n) is 3.52. The van der Waals surface area contributed by atoms with Crippen LogP contribution in [0.25, 0.3) is 6.08 Å². The maximum absolute atomic E-state index is 11.7. The SMILES string of the molecule is COc1ccc(C=C2SC(N)=NC2=O)cc1OCc1ccc(Cl)cc1Cl. The lowest BCUT2D eigenvalue weighted by atomic mass is 10.2. The quantitative estimate of drug-likeness (QED) is 0.736. The fourth-order valence-electron chi connectivity index (χ4n) is 2.27. The number of hydrogen-bond acceptors (Lipinski definition) is 5. The van der Waals surface area contributed by atoms with Crippen molar-refractivity contribution in [2.45, 2.75) is 6.61 Å². The highest BCUT2D eigenvalue weighted by Gasteiger charge is 2.19. The van der Waals surface area contributed by atoms with Crippen LogP contribution in [0.5, 0.6) is 11.5 Å². The number of aliphatic imine (C=N–C) groups is 1. The van der Waals surface area contributed by atoms with E-state index in [1.165, 1.54) is 0 Å². The summed E-state index contributed by atoms with van der Waals surface area (Å²) < 4.78 is 11.2. The highest BCUT2D eigenvalue weighted by Crippen LogP contribution is 2.33. The van der Waals surface area contributed by atoms with E-state index >= 15 is 0 Å². The van der Waals surface area contributed by atoms with Gasteiger partial charge in [0.05, 0.1) is 12.0 Å². The zero-order valence-corrected chi connectivity index (χ0v) is 16.0. The molecule has 8 heteroatoms. The van der Waals surface area contributed by atoms with E-state index in [9.17, 15) is 4.79 Å². The molecule has 2 N–H and O–H groups in total. The average Bonchev–Trinajstić information content (AvgIpc) is 2.91. The maximum Gasteiger partial charge on any atom is 0.286 e. The first-order chi connectivity index (χ1) is 12.5. The second-order valence-electron chi connectivity index (χ2n) is 5.30. The summed E-state index contributed by atoms with van der Waals surface area (Å²) in [5.74, 6) is 0.745. The van der Waals surface area contributed by atoms with Crippen molar-refractivity contribution in [1.29, 1.82) is 0 Å². The molecule has 2 aromatic carbocycles. The summed E-state index contributed by atoms with van der Waals surface area (Å²) in [6.45, 7) is 0.246. The van der Waals surface area contributed by atoms with E-state index < -0.39 is 0 Å². The van der Waals surface area contributed by atoms with Crippen LogP contribution in [0.2, 0.25) is 10.0 Å². The van der Waals surface area contributed by atoms with E-state index in [2.05, 4.69) is 4.99 Å². The van der Waals surface area contributed by atoms with Crippen molar-refractivity contribution in [1.82, 2.24) is 0 Å². The third-order valence-corrected chi connectivity index (χ3v) is 4.92. The smallest absolute Gasteiger partial charge is 0.286 e. The summed E-state index contributed by atoms with van der Waals surface area (Å²) in [6, 6.07) is 10.6. The van der Waals surface area contributed by atoms with Gasteiger partial charge in [-0.1, -0.05) is 35.3 Å². The van der Waals surface area contributed by atoms with Crippen LogP contribution in [0.4, 0.5) is 0 Å². The summed E-state index contributed by atoms with van der Waals surface area (Å²) >= 11 is 13.2. The van der Waals surface area contributed by atoms with Gasteiger partial charge in [-0.2, -0.15) is 4.99 Å². The van der Waals surface area contributed by atoms with Gasteiger partial charge in [0.2, 0.25) is 0 Å². The molecule has 1 amide bonds. The first kappa shape index (κ1) is 18.6. The van der Waals surface area contributed by atoms with Gasteiger partial charge in [0.25, 0.3) is 5.91 Å². The van der Waals surface area contributed by atoms with Crippen LogP contribution < -0.4 is 15.2 Å². The van der Waals surface area contributed by atoms with Gasteiger partial charge in [-0.15, -0.1) is 0 Å². The van der Waals surface area contributed by atoms with Crippen LogP contribution in [0.3, 0.4) is 0 Å². The van der Waals surface area contributed by atoms with Crippen LogP contribution in [0.15, 0.2) is 46.3 Å². The molecule has 1 aliphatic rings. The molecule has 0 atom stereocenters. The van der Waals surface area contributed by atoms with Crippen molar-refractivity contribution in [3.05, 3.63) is 62.5 Å². The molecule has 2 aromatic rings. The van der Waals surface area contributed by atoms with Crippen molar-refractivity contribution in [3.63, 3.8) is 0 Å². The standard InChI is InChI=1S/C18H14Cl2N2O3S/c1-24-14-5-2-10(7-16-17(23)22-18(21)26-16)6-15(14)25-9-11-3-4-12(19)8-13(11)20/h2-8H,9H2,1H3,(H2,21,22,23). The molecule has 1 aliphatic heterocycles. The Morgan fingerprint density at radius 1 is 1.19 bits per heavy atom. The Hall–Kier alpha value is -2.15. The Morgan fingerprint density at radius 2 is 2.00 bits per heavy atom. The topological polar surface area (TPSA) is 73.9 Å². The molecule has 0 aromatic heterocycles. The molecular weight excluding hydrogens is 395 g/mol. The Kier molecular flexibility index (Phi) is 5.76. The minimum Gasteiger partial charge on any atom is -0.493 e. The summed E-state index contributed by atoms with van der Waals surface area (Å²) in [7, 11) is 1.56. The Bertz CT molecular complexity index is 929. The maximum atomic E-state index is 11.7. The minimum atomic E-state index is -0.348. The first-order valence-corrected chi connectivity index (χ1v) is 9.06. The molecule has 3 rings (SSSR count). The number of rotatable bonds is 5. The minimum absolute atomic E-state index is 0.239. The number of amides is 1. The number of thioether (sulfide) groups is 1. The van der Waals surface area contributed by atoms with Crippen molar-refractivity contribution >= 4 is 52.1 Å². The number of nitrogens with two attached hydrogens (primary N) is 1. The van der Waals surface area contributed by atoms with E-state index in [-0.39, 0.29) is 17.7 Å². The lowest BCUT2D eigenvalue weighted by Gasteiger charge is -2.12. The van der Waals surface area contributed by atoms with E-state index in [4.69, 9.17) is 38.4 Å². The highest BCUT2D eigenvalue weighted by molar-refractivity contribution is 8.18. The van der Waals surface area contributed by atoms with E-state index in [1.807, 2.05) is 6.07 Å². The molecule has 5 nitrogen and oxygen atoms in total. The lowest BCUT2D eigenvalue weighted by Crippen LogP contribution is -2.01. The molecule has 0 saturated heterocycles. The van der Waals surface area contributed by atoms with Crippen LogP contribution in [-0.2, 0) is 11.4 Å². The number of carbonyl (C=O) groups excluding carboxylic acids is 1. The molecule has 26 heavy (non-hydrogen) atoms. The Balaban J connectivity index is 1.82. The van der Waals surface area contributed by atoms with Crippen LogP contribution in [0.1, 0.15) is 11.1 Å². The van der Waals surface area contributed by atoms with Crippen LogP contribution in [-0.4, -0.2) is 18.2 Å². The molecule has 0 radical (unpaired) electrons. The summed E-state index contributed by atoms with van der Waals surface area (Å²) in [5.41, 5.74) is 7.13. The monoisotopic (exact) mass is 408 g/mol. The van der Waals surface area contributed by atoms with E-state index in [0.717, 1.165) is 22.9 Å². The normalized spacial score (nSPS) is 15.3. The lowest BCUT2D eigenvalue weighted by molar-refractivity contribution is -0.113. The van der Waals surface area contributed by atoms with Crippen LogP contribution >= 0.6 is 35.0 Å². The molecule has 0 unspecified atom stereocenters. The van der Waals surface area contributed by atoms with Gasteiger partial charge < -0.3 is 15.2 Å². The van der Waals surface area contributed by atoms with Gasteiger partial charge in [0, 0.05) is 15.6 Å². The van der Waals surface area contributed by atoms with Crippen molar-refractivity contribution < 1.29 is 14.3 Å². The fourth-order valence-corrected chi connectivity index (χ4v) is 3.41. The van der Waals surface area contributed by atoms with Crippen molar-refractivity contribution in [2.24, 2.45) is 10.7 Å². The summed E-state index contributed by atoms with van der Waals surface area (Å²) in [6.07, 6.45) is 1.71. The van der Waals surface area contributed by atoms with Crippen molar-refractivity contribution in [3.8, 4) is 11.5 Å². The molecule has 134 valence electrons. The van der Waals surface area contributed by atoms with Gasteiger partial charge >= 0.3 is 0 Å². The van der Waals surface area contributed by atoms with Gasteiger partial charge in [-0.25, -0.2) is 0 Å². The fraction of sp³-hybridized carbons (Fsp3) is 0.111. The number of ether oxygens (including phenoxy) is 2. The van der Waals surface area contributed by atoms with Gasteiger partial charge in [-0.05, 0) is 47.7 Å². The number of carbonyl (C=O) groups is 1. The Morgan fingerprint density at radius 3 is 2.65 bits per heavy atom. The highest BCUT2D eigenvalue weighted by atomic mass is 35.5. The number of halogens is 2. The second-order valence-corrected chi connectivity index (χ2v) is 7.21. The van der Waals surface area contributed by atoms with Crippen molar-refractivity contribution in [2.75, 3.05) is 7.11 Å². The molecule has 0 spiro atoms. The number of benzene rings is 2. The largest absolute Gasteiger partial charge is 0.493 e. The molecule has 0 fully saturated rings. The van der Waals surface area contributed by atoms with Crippen LogP contribution in [0, 0.1) is 0 Å². The predicted octanol–water partition coefficient (Wildman–Crippen LogP) is 4.51. The molecule has 0 aliphatic carbocycles. The van der Waals surface area contributed by atoms with Gasteiger partial charge in [0.1, 0.15) is 6.61 Å². The van der Waals surface area contributed by atoms with E-state index in [1.54, 1.807) is 43.5 Å². The number of amidine groups is 1. The molecule has 0 saturated carbocycles. The zero-order chi connectivity index (χ0) is 18.7. The molecule has 1 heterocycles. The predicted molar refractivity (Wildman–Crippen MR) is 106 cm³/mol. The number of methoxy groups -OCH3 is 1. The first-order valence-electron chi connectivity index (χ1n) is 7.49.